The molecule has 27 heavy (non-hydrogen) atoms. The first-order chi connectivity index (χ1) is 13.0. The molecule has 1 atom stereocenters. The molecule has 3 heterocycles. The molecule has 2 aliphatic rings. The lowest BCUT2D eigenvalue weighted by molar-refractivity contribution is 0.173. The molecular weight excluding hydrogens is 346 g/mol. The fourth-order valence-electron chi connectivity index (χ4n) is 3.80. The van der Waals surface area contributed by atoms with Crippen molar-refractivity contribution in [3.63, 3.8) is 0 Å². The minimum absolute atomic E-state index is 0.0351. The monoisotopic (exact) mass is 371 g/mol. The molecule has 2 aliphatic heterocycles. The molecule has 0 saturated carbocycles. The van der Waals surface area contributed by atoms with Crippen LogP contribution in [0.25, 0.3) is 0 Å². The number of methoxy groups -OCH3 is 1. The standard InChI is InChI=1S/C20H25N3O4/c1-12-13(2)21-19(22-20(12)24)14-5-4-6-23(9-14)10-15-7-17-18(27-11-26-17)8-16(15)25-3/h7-8,14H,4-6,9-11H2,1-3H3,(H,21,22,24)/t14-/m0/s1. The van der Waals surface area contributed by atoms with Crippen LogP contribution in [0.5, 0.6) is 17.2 Å². The van der Waals surface area contributed by atoms with E-state index in [0.717, 1.165) is 66.8 Å². The van der Waals surface area contributed by atoms with E-state index in [-0.39, 0.29) is 18.3 Å². The molecule has 144 valence electrons. The van der Waals surface area contributed by atoms with Crippen LogP contribution in [-0.2, 0) is 6.54 Å². The first-order valence-corrected chi connectivity index (χ1v) is 9.31. The maximum atomic E-state index is 12.1. The van der Waals surface area contributed by atoms with E-state index in [4.69, 9.17) is 14.2 Å². The highest BCUT2D eigenvalue weighted by Crippen LogP contribution is 2.39. The normalized spacial score (nSPS) is 19.3. The molecule has 1 fully saturated rings. The Balaban J connectivity index is 1.53. The van der Waals surface area contributed by atoms with Gasteiger partial charge in [0.2, 0.25) is 6.79 Å². The average molecular weight is 371 g/mol. The van der Waals surface area contributed by atoms with Crippen LogP contribution in [0.3, 0.4) is 0 Å². The number of hydrogen-bond acceptors (Lipinski definition) is 6. The van der Waals surface area contributed by atoms with Gasteiger partial charge in [0, 0.05) is 41.9 Å². The Morgan fingerprint density at radius 1 is 1.30 bits per heavy atom. The van der Waals surface area contributed by atoms with Crippen LogP contribution in [0.15, 0.2) is 16.9 Å². The molecule has 0 bridgehead atoms. The molecule has 0 spiro atoms. The number of piperidine rings is 1. The molecule has 1 aromatic carbocycles. The predicted octanol–water partition coefficient (Wildman–Crippen LogP) is 2.50. The van der Waals surface area contributed by atoms with E-state index >= 15 is 0 Å². The summed E-state index contributed by atoms with van der Waals surface area (Å²) in [6.07, 6.45) is 2.09. The van der Waals surface area contributed by atoms with Crippen molar-refractivity contribution in [2.45, 2.75) is 39.2 Å². The van der Waals surface area contributed by atoms with Gasteiger partial charge < -0.3 is 19.2 Å². The lowest BCUT2D eigenvalue weighted by atomic mass is 9.96. The van der Waals surface area contributed by atoms with Crippen molar-refractivity contribution < 1.29 is 14.2 Å². The van der Waals surface area contributed by atoms with Gasteiger partial charge in [0.25, 0.3) is 5.56 Å². The van der Waals surface area contributed by atoms with Gasteiger partial charge in [0.05, 0.1) is 7.11 Å². The van der Waals surface area contributed by atoms with Gasteiger partial charge in [-0.25, -0.2) is 4.98 Å². The van der Waals surface area contributed by atoms with Crippen LogP contribution in [0, 0.1) is 13.8 Å². The molecule has 0 radical (unpaired) electrons. The SMILES string of the molecule is COc1cc2c(cc1CN1CCC[C@H](c3nc(C)c(C)c(=O)[nH]3)C1)OCO2. The highest BCUT2D eigenvalue weighted by Gasteiger charge is 2.26. The van der Waals surface area contributed by atoms with Crippen molar-refractivity contribution >= 4 is 0 Å². The number of likely N-dealkylation sites (tertiary alicyclic amines) is 1. The van der Waals surface area contributed by atoms with E-state index in [9.17, 15) is 4.79 Å². The lowest BCUT2D eigenvalue weighted by Gasteiger charge is -2.32. The number of nitrogens with one attached hydrogen (secondary N) is 1. The molecular formula is C20H25N3O4. The van der Waals surface area contributed by atoms with E-state index < -0.39 is 0 Å². The summed E-state index contributed by atoms with van der Waals surface area (Å²) in [6.45, 7) is 6.56. The first kappa shape index (κ1) is 17.9. The number of hydrogen-bond donors (Lipinski definition) is 1. The minimum Gasteiger partial charge on any atom is -0.496 e. The van der Waals surface area contributed by atoms with Gasteiger partial charge in [-0.05, 0) is 39.3 Å². The van der Waals surface area contributed by atoms with Crippen LogP contribution in [-0.4, -0.2) is 41.9 Å². The topological polar surface area (TPSA) is 76.7 Å². The molecule has 0 unspecified atom stereocenters. The molecule has 0 amide bonds. The summed E-state index contributed by atoms with van der Waals surface area (Å²) in [7, 11) is 1.67. The summed E-state index contributed by atoms with van der Waals surface area (Å²) in [6, 6.07) is 3.89. The van der Waals surface area contributed by atoms with Crippen LogP contribution in [0.2, 0.25) is 0 Å². The van der Waals surface area contributed by atoms with Gasteiger partial charge in [-0.2, -0.15) is 0 Å². The lowest BCUT2D eigenvalue weighted by Crippen LogP contribution is -2.35. The number of H-pyrrole nitrogens is 1. The van der Waals surface area contributed by atoms with Crippen LogP contribution < -0.4 is 19.8 Å². The Morgan fingerprint density at radius 2 is 2.07 bits per heavy atom. The molecule has 2 aromatic rings. The number of fused-ring (bicyclic) bond motifs is 1. The van der Waals surface area contributed by atoms with Crippen molar-refractivity contribution in [2.24, 2.45) is 0 Å². The van der Waals surface area contributed by atoms with Gasteiger partial charge in [0.1, 0.15) is 11.6 Å². The molecule has 7 nitrogen and oxygen atoms in total. The summed E-state index contributed by atoms with van der Waals surface area (Å²) >= 11 is 0. The first-order valence-electron chi connectivity index (χ1n) is 9.31. The molecule has 1 N–H and O–H groups in total. The second kappa shape index (κ2) is 7.23. The second-order valence-corrected chi connectivity index (χ2v) is 7.25. The summed E-state index contributed by atoms with van der Waals surface area (Å²) in [5.74, 6) is 3.32. The highest BCUT2D eigenvalue weighted by molar-refractivity contribution is 5.51. The summed E-state index contributed by atoms with van der Waals surface area (Å²) in [5, 5.41) is 0. The number of ether oxygens (including phenoxy) is 3. The Hall–Kier alpha value is -2.54. The Kier molecular flexibility index (Phi) is 4.78. The van der Waals surface area contributed by atoms with Crippen molar-refractivity contribution in [3.05, 3.63) is 45.1 Å². The number of aryl methyl sites for hydroxylation is 1. The van der Waals surface area contributed by atoms with E-state index in [1.807, 2.05) is 26.0 Å². The van der Waals surface area contributed by atoms with Gasteiger partial charge >= 0.3 is 0 Å². The van der Waals surface area contributed by atoms with Gasteiger partial charge in [0.15, 0.2) is 11.5 Å². The van der Waals surface area contributed by atoms with Crippen molar-refractivity contribution in [2.75, 3.05) is 27.0 Å². The van der Waals surface area contributed by atoms with E-state index in [0.29, 0.717) is 5.56 Å². The number of aromatic amines is 1. The minimum atomic E-state index is -0.0351. The fourth-order valence-corrected chi connectivity index (χ4v) is 3.80. The number of nitrogens with zero attached hydrogens (tertiary/aromatic N) is 2. The van der Waals surface area contributed by atoms with E-state index in [1.54, 1.807) is 7.11 Å². The molecule has 4 rings (SSSR count). The molecule has 1 aromatic heterocycles. The van der Waals surface area contributed by atoms with Crippen LogP contribution in [0.1, 0.15) is 41.4 Å². The average Bonchev–Trinajstić information content (AvgIpc) is 3.12. The molecule has 7 heteroatoms. The zero-order valence-corrected chi connectivity index (χ0v) is 16.0. The van der Waals surface area contributed by atoms with Gasteiger partial charge in [-0.3, -0.25) is 9.69 Å². The largest absolute Gasteiger partial charge is 0.496 e. The van der Waals surface area contributed by atoms with Gasteiger partial charge in [-0.15, -0.1) is 0 Å². The van der Waals surface area contributed by atoms with E-state index in [1.165, 1.54) is 0 Å². The Bertz CT molecular complexity index is 909. The maximum Gasteiger partial charge on any atom is 0.254 e. The van der Waals surface area contributed by atoms with Crippen LogP contribution >= 0.6 is 0 Å². The molecule has 0 aliphatic carbocycles. The van der Waals surface area contributed by atoms with Crippen molar-refractivity contribution in [1.29, 1.82) is 0 Å². The zero-order valence-electron chi connectivity index (χ0n) is 16.0. The van der Waals surface area contributed by atoms with Gasteiger partial charge in [-0.1, -0.05) is 0 Å². The second-order valence-electron chi connectivity index (χ2n) is 7.25. The zero-order chi connectivity index (χ0) is 19.0. The van der Waals surface area contributed by atoms with Crippen molar-refractivity contribution in [1.82, 2.24) is 14.9 Å². The third-order valence-corrected chi connectivity index (χ3v) is 5.47. The van der Waals surface area contributed by atoms with Crippen molar-refractivity contribution in [3.8, 4) is 17.2 Å². The summed E-state index contributed by atoms with van der Waals surface area (Å²) < 4.78 is 16.5. The third-order valence-electron chi connectivity index (χ3n) is 5.47. The van der Waals surface area contributed by atoms with Crippen LogP contribution in [0.4, 0.5) is 0 Å². The Labute approximate surface area is 158 Å². The maximum absolute atomic E-state index is 12.1. The smallest absolute Gasteiger partial charge is 0.254 e. The number of benzene rings is 1. The third kappa shape index (κ3) is 3.51. The number of rotatable bonds is 4. The quantitative estimate of drug-likeness (QED) is 0.890. The summed E-state index contributed by atoms with van der Waals surface area (Å²) in [5.41, 5.74) is 2.54. The fraction of sp³-hybridized carbons (Fsp3) is 0.500. The number of aromatic nitrogens is 2. The van der Waals surface area contributed by atoms with E-state index in [2.05, 4.69) is 14.9 Å². The molecule has 1 saturated heterocycles. The Morgan fingerprint density at radius 3 is 2.81 bits per heavy atom. The highest BCUT2D eigenvalue weighted by atomic mass is 16.7. The predicted molar refractivity (Wildman–Crippen MR) is 101 cm³/mol. The summed E-state index contributed by atoms with van der Waals surface area (Å²) in [4.78, 5) is 22.1.